The zero-order valence-corrected chi connectivity index (χ0v) is 15.7. The standard InChI is InChI=1S/C20H21N5OS/c26-18(16-7-11-25(12-8-16)19-21-9-4-10-22-19)24-20-23-14-17(27-20)13-15-5-2-1-3-6-15/h1-6,9-10,14,16H,7-8,11-13H2,(H,23,24,26). The quantitative estimate of drug-likeness (QED) is 0.736. The van der Waals surface area contributed by atoms with Crippen molar-refractivity contribution in [2.75, 3.05) is 23.3 Å². The van der Waals surface area contributed by atoms with Crippen LogP contribution < -0.4 is 10.2 Å². The van der Waals surface area contributed by atoms with Gasteiger partial charge >= 0.3 is 0 Å². The number of anilines is 2. The Morgan fingerprint density at radius 3 is 2.56 bits per heavy atom. The summed E-state index contributed by atoms with van der Waals surface area (Å²) < 4.78 is 0. The molecular weight excluding hydrogens is 358 g/mol. The Hall–Kier alpha value is -2.80. The molecule has 1 aromatic carbocycles. The lowest BCUT2D eigenvalue weighted by Gasteiger charge is -2.30. The van der Waals surface area contributed by atoms with Gasteiger partial charge in [0.05, 0.1) is 0 Å². The Balaban J connectivity index is 1.30. The van der Waals surface area contributed by atoms with Crippen molar-refractivity contribution in [1.82, 2.24) is 15.0 Å². The first-order valence-electron chi connectivity index (χ1n) is 9.09. The zero-order chi connectivity index (χ0) is 18.5. The lowest BCUT2D eigenvalue weighted by Crippen LogP contribution is -2.38. The second-order valence-corrected chi connectivity index (χ2v) is 7.71. The van der Waals surface area contributed by atoms with Gasteiger partial charge in [0.15, 0.2) is 5.13 Å². The summed E-state index contributed by atoms with van der Waals surface area (Å²) in [6.07, 6.45) is 7.78. The summed E-state index contributed by atoms with van der Waals surface area (Å²) in [6.45, 7) is 1.58. The predicted molar refractivity (Wildman–Crippen MR) is 107 cm³/mol. The maximum absolute atomic E-state index is 12.6. The third-order valence-electron chi connectivity index (χ3n) is 4.71. The van der Waals surface area contributed by atoms with E-state index in [4.69, 9.17) is 0 Å². The Bertz CT molecular complexity index is 876. The number of amides is 1. The van der Waals surface area contributed by atoms with E-state index in [-0.39, 0.29) is 11.8 Å². The summed E-state index contributed by atoms with van der Waals surface area (Å²) in [4.78, 5) is 28.8. The van der Waals surface area contributed by atoms with Crippen LogP contribution in [0.2, 0.25) is 0 Å². The van der Waals surface area contributed by atoms with Crippen molar-refractivity contribution in [2.45, 2.75) is 19.3 Å². The molecule has 0 saturated carbocycles. The molecule has 138 valence electrons. The molecule has 3 aromatic rings. The minimum absolute atomic E-state index is 0.00596. The average molecular weight is 379 g/mol. The third-order valence-corrected chi connectivity index (χ3v) is 5.62. The van der Waals surface area contributed by atoms with E-state index in [1.807, 2.05) is 30.5 Å². The highest BCUT2D eigenvalue weighted by Gasteiger charge is 2.26. The van der Waals surface area contributed by atoms with Crippen LogP contribution in [-0.4, -0.2) is 33.9 Å². The number of hydrogen-bond donors (Lipinski definition) is 1. The monoisotopic (exact) mass is 379 g/mol. The fourth-order valence-electron chi connectivity index (χ4n) is 3.25. The number of rotatable bonds is 5. The largest absolute Gasteiger partial charge is 0.341 e. The molecule has 0 bridgehead atoms. The number of thiazole rings is 1. The first-order valence-corrected chi connectivity index (χ1v) is 9.91. The van der Waals surface area contributed by atoms with E-state index in [2.05, 4.69) is 37.3 Å². The molecule has 6 nitrogen and oxygen atoms in total. The van der Waals surface area contributed by atoms with Gasteiger partial charge < -0.3 is 10.2 Å². The Kier molecular flexibility index (Phi) is 5.39. The summed E-state index contributed by atoms with van der Waals surface area (Å²) >= 11 is 1.54. The van der Waals surface area contributed by atoms with Gasteiger partial charge in [0.1, 0.15) is 0 Å². The third kappa shape index (κ3) is 4.49. The van der Waals surface area contributed by atoms with E-state index in [9.17, 15) is 4.79 Å². The maximum atomic E-state index is 12.6. The number of benzene rings is 1. The summed E-state index contributed by atoms with van der Waals surface area (Å²) in [5.74, 6) is 0.803. The van der Waals surface area contributed by atoms with E-state index >= 15 is 0 Å². The van der Waals surface area contributed by atoms with Gasteiger partial charge in [-0.15, -0.1) is 11.3 Å². The highest BCUT2D eigenvalue weighted by atomic mass is 32.1. The summed E-state index contributed by atoms with van der Waals surface area (Å²) in [6, 6.07) is 12.1. The SMILES string of the molecule is O=C(Nc1ncc(Cc2ccccc2)s1)C1CCN(c2ncccn2)CC1. The molecule has 1 aliphatic rings. The van der Waals surface area contributed by atoms with Crippen LogP contribution in [0.25, 0.3) is 0 Å². The van der Waals surface area contributed by atoms with Crippen LogP contribution in [0.1, 0.15) is 23.3 Å². The summed E-state index contributed by atoms with van der Waals surface area (Å²) in [5.41, 5.74) is 1.24. The van der Waals surface area contributed by atoms with Crippen LogP contribution in [0.5, 0.6) is 0 Å². The minimum Gasteiger partial charge on any atom is -0.341 e. The molecule has 0 radical (unpaired) electrons. The van der Waals surface area contributed by atoms with Crippen LogP contribution in [-0.2, 0) is 11.2 Å². The highest BCUT2D eigenvalue weighted by molar-refractivity contribution is 7.15. The van der Waals surface area contributed by atoms with Crippen molar-refractivity contribution in [2.24, 2.45) is 5.92 Å². The Labute approximate surface area is 162 Å². The molecule has 1 saturated heterocycles. The molecule has 4 rings (SSSR count). The lowest BCUT2D eigenvalue weighted by atomic mass is 9.96. The summed E-state index contributed by atoms with van der Waals surface area (Å²) in [7, 11) is 0. The van der Waals surface area contributed by atoms with Crippen molar-refractivity contribution in [1.29, 1.82) is 0 Å². The van der Waals surface area contributed by atoms with Crippen LogP contribution in [0.15, 0.2) is 55.0 Å². The molecule has 7 heteroatoms. The van der Waals surface area contributed by atoms with E-state index in [0.717, 1.165) is 43.2 Å². The smallest absolute Gasteiger partial charge is 0.229 e. The molecule has 0 atom stereocenters. The van der Waals surface area contributed by atoms with Crippen LogP contribution in [0, 0.1) is 5.92 Å². The van der Waals surface area contributed by atoms with Crippen molar-refractivity contribution in [3.05, 3.63) is 65.4 Å². The van der Waals surface area contributed by atoms with E-state index in [1.54, 1.807) is 23.7 Å². The van der Waals surface area contributed by atoms with E-state index < -0.39 is 0 Å². The van der Waals surface area contributed by atoms with Gasteiger partial charge in [0, 0.05) is 48.9 Å². The van der Waals surface area contributed by atoms with Gasteiger partial charge in [0.25, 0.3) is 0 Å². The summed E-state index contributed by atoms with van der Waals surface area (Å²) in [5, 5.41) is 3.67. The number of carbonyl (C=O) groups is 1. The number of aromatic nitrogens is 3. The molecule has 0 aliphatic carbocycles. The van der Waals surface area contributed by atoms with Gasteiger partial charge in [-0.05, 0) is 24.5 Å². The number of piperidine rings is 1. The first kappa shape index (κ1) is 17.6. The lowest BCUT2D eigenvalue weighted by molar-refractivity contribution is -0.120. The fourth-order valence-corrected chi connectivity index (χ4v) is 4.10. The molecule has 3 heterocycles. The predicted octanol–water partition coefficient (Wildman–Crippen LogP) is 3.38. The Morgan fingerprint density at radius 2 is 1.81 bits per heavy atom. The second-order valence-electron chi connectivity index (χ2n) is 6.59. The fraction of sp³-hybridized carbons (Fsp3) is 0.300. The van der Waals surface area contributed by atoms with Gasteiger partial charge in [-0.3, -0.25) is 4.79 Å². The number of hydrogen-bond acceptors (Lipinski definition) is 6. The minimum atomic E-state index is 0.00596. The molecule has 27 heavy (non-hydrogen) atoms. The highest BCUT2D eigenvalue weighted by Crippen LogP contribution is 2.25. The first-order chi connectivity index (χ1) is 13.3. The molecular formula is C20H21N5OS. The number of nitrogens with one attached hydrogen (secondary N) is 1. The van der Waals surface area contributed by atoms with Crippen molar-refractivity contribution >= 4 is 28.3 Å². The van der Waals surface area contributed by atoms with Crippen molar-refractivity contribution < 1.29 is 4.79 Å². The number of nitrogens with zero attached hydrogens (tertiary/aromatic N) is 4. The van der Waals surface area contributed by atoms with Gasteiger partial charge in [-0.1, -0.05) is 30.3 Å². The van der Waals surface area contributed by atoms with Gasteiger partial charge in [-0.25, -0.2) is 15.0 Å². The Morgan fingerprint density at radius 1 is 1.07 bits per heavy atom. The number of carbonyl (C=O) groups excluding carboxylic acids is 1. The van der Waals surface area contributed by atoms with Crippen molar-refractivity contribution in [3.8, 4) is 0 Å². The zero-order valence-electron chi connectivity index (χ0n) is 14.9. The van der Waals surface area contributed by atoms with Crippen LogP contribution in [0.4, 0.5) is 11.1 Å². The second kappa shape index (κ2) is 8.26. The topological polar surface area (TPSA) is 71.0 Å². The van der Waals surface area contributed by atoms with Crippen molar-refractivity contribution in [3.63, 3.8) is 0 Å². The molecule has 1 amide bonds. The van der Waals surface area contributed by atoms with Gasteiger partial charge in [0.2, 0.25) is 11.9 Å². The molecule has 1 N–H and O–H groups in total. The van der Waals surface area contributed by atoms with E-state index in [0.29, 0.717) is 5.13 Å². The normalized spacial score (nSPS) is 14.9. The van der Waals surface area contributed by atoms with Gasteiger partial charge in [-0.2, -0.15) is 0 Å². The molecule has 1 fully saturated rings. The van der Waals surface area contributed by atoms with Crippen LogP contribution in [0.3, 0.4) is 0 Å². The average Bonchev–Trinajstić information content (AvgIpc) is 3.16. The van der Waals surface area contributed by atoms with E-state index in [1.165, 1.54) is 5.56 Å². The molecule has 0 spiro atoms. The maximum Gasteiger partial charge on any atom is 0.229 e. The molecule has 0 unspecified atom stereocenters. The molecule has 1 aliphatic heterocycles. The van der Waals surface area contributed by atoms with Crippen LogP contribution >= 0.6 is 11.3 Å². The molecule has 2 aromatic heterocycles.